The Labute approximate surface area is 141 Å². The first-order chi connectivity index (χ1) is 11.5. The minimum Gasteiger partial charge on any atom is -0.369 e. The highest BCUT2D eigenvalue weighted by Gasteiger charge is 2.15. The number of nitrogens with two attached hydrogens (primary N) is 1. The molecule has 2 heterocycles. The van der Waals surface area contributed by atoms with E-state index < -0.39 is 11.7 Å². The Kier molecular flexibility index (Phi) is 4.57. The zero-order valence-electron chi connectivity index (χ0n) is 12.6. The molecule has 3 aromatic rings. The molecule has 0 bridgehead atoms. The van der Waals surface area contributed by atoms with E-state index in [1.165, 1.54) is 16.8 Å². The number of imidazole rings is 1. The summed E-state index contributed by atoms with van der Waals surface area (Å²) >= 11 is 6.07. The van der Waals surface area contributed by atoms with Gasteiger partial charge < -0.3 is 10.3 Å². The van der Waals surface area contributed by atoms with Crippen LogP contribution < -0.4 is 5.73 Å². The fraction of sp³-hybridized carbons (Fsp3) is 0.200. The van der Waals surface area contributed by atoms with Gasteiger partial charge in [0.1, 0.15) is 11.6 Å². The number of halogens is 2. The molecule has 24 heavy (non-hydrogen) atoms. The number of hydrogen-bond donors (Lipinski definition) is 1. The molecule has 0 saturated heterocycles. The van der Waals surface area contributed by atoms with E-state index in [1.807, 2.05) is 0 Å². The van der Waals surface area contributed by atoms with Crippen molar-refractivity contribution in [3.05, 3.63) is 65.0 Å². The molecule has 1 amide bonds. The topological polar surface area (TPSA) is 91.6 Å². The summed E-state index contributed by atoms with van der Waals surface area (Å²) in [6.07, 6.45) is 4.94. The van der Waals surface area contributed by atoms with Crippen molar-refractivity contribution in [2.75, 3.05) is 0 Å². The zero-order chi connectivity index (χ0) is 17.1. The van der Waals surface area contributed by atoms with E-state index in [0.29, 0.717) is 23.0 Å². The molecule has 0 radical (unpaired) electrons. The summed E-state index contributed by atoms with van der Waals surface area (Å²) in [4.78, 5) is 19.4. The quantitative estimate of drug-likeness (QED) is 0.728. The van der Waals surface area contributed by atoms with Gasteiger partial charge in [-0.1, -0.05) is 17.7 Å². The Morgan fingerprint density at radius 3 is 2.83 bits per heavy atom. The molecular weight excluding hydrogens is 335 g/mol. The highest BCUT2D eigenvalue weighted by atomic mass is 35.5. The van der Waals surface area contributed by atoms with Crippen molar-refractivity contribution >= 4 is 17.5 Å². The van der Waals surface area contributed by atoms with Crippen LogP contribution in [0.25, 0.3) is 0 Å². The van der Waals surface area contributed by atoms with Gasteiger partial charge in [-0.05, 0) is 12.1 Å². The van der Waals surface area contributed by atoms with Gasteiger partial charge in [-0.15, -0.1) is 0 Å². The summed E-state index contributed by atoms with van der Waals surface area (Å²) in [7, 11) is 0. The molecule has 124 valence electrons. The third-order valence-corrected chi connectivity index (χ3v) is 3.73. The van der Waals surface area contributed by atoms with Gasteiger partial charge in [0.25, 0.3) is 0 Å². The molecule has 2 N–H and O–H groups in total. The molecular formula is C15H14ClFN6O. The van der Waals surface area contributed by atoms with E-state index in [0.717, 1.165) is 0 Å². The van der Waals surface area contributed by atoms with Crippen molar-refractivity contribution < 1.29 is 9.18 Å². The highest BCUT2D eigenvalue weighted by Crippen LogP contribution is 2.20. The third-order valence-electron chi connectivity index (χ3n) is 3.38. The monoisotopic (exact) mass is 348 g/mol. The molecule has 0 saturated carbocycles. The summed E-state index contributed by atoms with van der Waals surface area (Å²) in [6, 6.07) is 4.47. The predicted molar refractivity (Wildman–Crippen MR) is 84.8 cm³/mol. The smallest absolute Gasteiger partial charge is 0.225 e. The second kappa shape index (κ2) is 6.79. The normalized spacial score (nSPS) is 10.9. The SMILES string of the molecule is NC(=O)Cc1nc(Cn2ccnc2)n(Cc2c(F)cccc2Cl)n1. The molecule has 0 aliphatic heterocycles. The Hall–Kier alpha value is -2.74. The molecule has 0 atom stereocenters. The lowest BCUT2D eigenvalue weighted by molar-refractivity contribution is -0.117. The van der Waals surface area contributed by atoms with Crippen molar-refractivity contribution in [1.82, 2.24) is 24.3 Å². The third kappa shape index (κ3) is 3.60. The molecule has 2 aromatic heterocycles. The number of hydrogen-bond acceptors (Lipinski definition) is 4. The molecule has 0 unspecified atom stereocenters. The number of primary amides is 1. The van der Waals surface area contributed by atoms with Crippen molar-refractivity contribution in [3.8, 4) is 0 Å². The number of aromatic nitrogens is 5. The Bertz CT molecular complexity index is 841. The van der Waals surface area contributed by atoms with Gasteiger partial charge in [0, 0.05) is 23.0 Å². The Balaban J connectivity index is 1.95. The summed E-state index contributed by atoms with van der Waals surface area (Å²) in [6.45, 7) is 0.471. The standard InChI is InChI=1S/C15H14ClFN6O/c16-11-2-1-3-12(17)10(11)7-23-15(8-22-5-4-19-9-22)20-14(21-23)6-13(18)24/h1-5,9H,6-8H2,(H2,18,24). The predicted octanol–water partition coefficient (Wildman–Crippen LogP) is 1.39. The Morgan fingerprint density at radius 2 is 2.17 bits per heavy atom. The second-order valence-electron chi connectivity index (χ2n) is 5.18. The summed E-state index contributed by atoms with van der Waals surface area (Å²) in [5.74, 6) is -0.137. The van der Waals surface area contributed by atoms with E-state index in [2.05, 4.69) is 15.1 Å². The minimum atomic E-state index is -0.537. The summed E-state index contributed by atoms with van der Waals surface area (Å²) in [5, 5.41) is 4.56. The van der Waals surface area contributed by atoms with Crippen molar-refractivity contribution in [2.24, 2.45) is 5.73 Å². The fourth-order valence-electron chi connectivity index (χ4n) is 2.28. The number of rotatable bonds is 6. The highest BCUT2D eigenvalue weighted by molar-refractivity contribution is 6.31. The van der Waals surface area contributed by atoms with E-state index in [1.54, 1.807) is 29.4 Å². The molecule has 7 nitrogen and oxygen atoms in total. The van der Waals surface area contributed by atoms with Gasteiger partial charge in [-0.2, -0.15) is 5.10 Å². The Morgan fingerprint density at radius 1 is 1.33 bits per heavy atom. The van der Waals surface area contributed by atoms with E-state index >= 15 is 0 Å². The van der Waals surface area contributed by atoms with E-state index in [9.17, 15) is 9.18 Å². The van der Waals surface area contributed by atoms with Crippen LogP contribution in [0, 0.1) is 5.82 Å². The van der Waals surface area contributed by atoms with Crippen LogP contribution in [0.15, 0.2) is 36.9 Å². The second-order valence-corrected chi connectivity index (χ2v) is 5.59. The number of nitrogens with zero attached hydrogens (tertiary/aromatic N) is 5. The van der Waals surface area contributed by atoms with Gasteiger partial charge in [-0.25, -0.2) is 19.0 Å². The van der Waals surface area contributed by atoms with Gasteiger partial charge in [0.2, 0.25) is 5.91 Å². The van der Waals surface area contributed by atoms with Crippen LogP contribution in [-0.4, -0.2) is 30.2 Å². The van der Waals surface area contributed by atoms with E-state index in [-0.39, 0.29) is 18.8 Å². The van der Waals surface area contributed by atoms with Gasteiger partial charge in [0.05, 0.1) is 25.8 Å². The lowest BCUT2D eigenvalue weighted by Gasteiger charge is -2.09. The number of carbonyl (C=O) groups excluding carboxylic acids is 1. The number of benzene rings is 1. The van der Waals surface area contributed by atoms with Gasteiger partial charge >= 0.3 is 0 Å². The molecule has 0 fully saturated rings. The fourth-order valence-corrected chi connectivity index (χ4v) is 2.50. The molecule has 0 aliphatic rings. The first-order valence-electron chi connectivity index (χ1n) is 7.12. The molecule has 1 aromatic carbocycles. The van der Waals surface area contributed by atoms with E-state index in [4.69, 9.17) is 17.3 Å². The van der Waals surface area contributed by atoms with Crippen molar-refractivity contribution in [1.29, 1.82) is 0 Å². The van der Waals surface area contributed by atoms with Crippen LogP contribution in [-0.2, 0) is 24.3 Å². The lowest BCUT2D eigenvalue weighted by atomic mass is 10.2. The van der Waals surface area contributed by atoms with Gasteiger partial charge in [0.15, 0.2) is 5.82 Å². The number of amides is 1. The maximum atomic E-state index is 14.0. The van der Waals surface area contributed by atoms with Crippen LogP contribution in [0.3, 0.4) is 0 Å². The van der Waals surface area contributed by atoms with Crippen LogP contribution in [0.4, 0.5) is 4.39 Å². The van der Waals surface area contributed by atoms with Crippen molar-refractivity contribution in [2.45, 2.75) is 19.5 Å². The summed E-state index contributed by atoms with van der Waals surface area (Å²) < 4.78 is 17.3. The number of carbonyl (C=O) groups is 1. The maximum Gasteiger partial charge on any atom is 0.225 e. The molecule has 0 spiro atoms. The largest absolute Gasteiger partial charge is 0.369 e. The van der Waals surface area contributed by atoms with Crippen molar-refractivity contribution in [3.63, 3.8) is 0 Å². The molecule has 0 aliphatic carbocycles. The van der Waals surface area contributed by atoms with Crippen LogP contribution in [0.5, 0.6) is 0 Å². The maximum absolute atomic E-state index is 14.0. The van der Waals surface area contributed by atoms with Crippen LogP contribution >= 0.6 is 11.6 Å². The summed E-state index contributed by atoms with van der Waals surface area (Å²) in [5.41, 5.74) is 5.50. The average molecular weight is 349 g/mol. The zero-order valence-corrected chi connectivity index (χ0v) is 13.3. The molecule has 9 heteroatoms. The minimum absolute atomic E-state index is 0.0884. The first-order valence-corrected chi connectivity index (χ1v) is 7.50. The lowest BCUT2D eigenvalue weighted by Crippen LogP contribution is -2.15. The average Bonchev–Trinajstić information content (AvgIpc) is 3.13. The van der Waals surface area contributed by atoms with Crippen LogP contribution in [0.1, 0.15) is 17.2 Å². The van der Waals surface area contributed by atoms with Gasteiger partial charge in [-0.3, -0.25) is 4.79 Å². The molecule has 3 rings (SSSR count). The van der Waals surface area contributed by atoms with Crippen LogP contribution in [0.2, 0.25) is 5.02 Å². The first kappa shape index (κ1) is 16.1.